The van der Waals surface area contributed by atoms with Crippen LogP contribution in [-0.4, -0.2) is 12.1 Å². The Bertz CT molecular complexity index is 845. The zero-order chi connectivity index (χ0) is 16.8. The van der Waals surface area contributed by atoms with Crippen LogP contribution in [0.4, 0.5) is 0 Å². The number of carbonyl (C=O) groups excluding carboxylic acids is 1. The number of nitrogens with zero attached hydrogens (tertiary/aromatic N) is 1. The number of rotatable bonds is 5. The van der Waals surface area contributed by atoms with Crippen molar-refractivity contribution in [2.45, 2.75) is 9.99 Å². The number of amides is 1. The summed E-state index contributed by atoms with van der Waals surface area (Å²) < 4.78 is 6.57. The highest BCUT2D eigenvalue weighted by Gasteiger charge is 2.04. The van der Waals surface area contributed by atoms with E-state index in [4.69, 9.17) is 4.42 Å². The van der Waals surface area contributed by atoms with Crippen LogP contribution in [-0.2, 0) is 0 Å². The lowest BCUT2D eigenvalue weighted by molar-refractivity contribution is 0.0955. The minimum absolute atomic E-state index is 0.274. The number of benzene rings is 2. The first-order valence-electron chi connectivity index (χ1n) is 7.12. The molecule has 1 heterocycles. The van der Waals surface area contributed by atoms with Crippen molar-refractivity contribution in [2.24, 2.45) is 5.10 Å². The Labute approximate surface area is 152 Å². The van der Waals surface area contributed by atoms with Crippen molar-refractivity contribution < 1.29 is 9.21 Å². The van der Waals surface area contributed by atoms with Crippen molar-refractivity contribution >= 4 is 39.8 Å². The number of hydrazone groups is 1. The van der Waals surface area contributed by atoms with E-state index in [1.807, 2.05) is 36.4 Å². The van der Waals surface area contributed by atoms with Crippen molar-refractivity contribution in [1.82, 2.24) is 5.43 Å². The van der Waals surface area contributed by atoms with E-state index in [1.54, 1.807) is 30.3 Å². The highest BCUT2D eigenvalue weighted by molar-refractivity contribution is 9.10. The van der Waals surface area contributed by atoms with Crippen molar-refractivity contribution in [2.75, 3.05) is 0 Å². The molecule has 0 aliphatic rings. The molecule has 0 fully saturated rings. The molecular formula is C18H13BrN2O2S. The summed E-state index contributed by atoms with van der Waals surface area (Å²) in [5.74, 6) is 0.300. The molecule has 0 aliphatic carbocycles. The molecule has 0 radical (unpaired) electrons. The summed E-state index contributed by atoms with van der Waals surface area (Å²) in [4.78, 5) is 13.0. The third kappa shape index (κ3) is 4.59. The second-order valence-electron chi connectivity index (χ2n) is 4.78. The molecule has 6 heteroatoms. The van der Waals surface area contributed by atoms with Gasteiger partial charge in [-0.25, -0.2) is 5.43 Å². The maximum atomic E-state index is 11.9. The molecule has 24 heavy (non-hydrogen) atoms. The van der Waals surface area contributed by atoms with Gasteiger partial charge in [0.2, 0.25) is 0 Å². The minimum Gasteiger partial charge on any atom is -0.448 e. The molecule has 1 N–H and O–H groups in total. The van der Waals surface area contributed by atoms with Gasteiger partial charge < -0.3 is 4.42 Å². The van der Waals surface area contributed by atoms with Crippen molar-refractivity contribution in [3.63, 3.8) is 0 Å². The topological polar surface area (TPSA) is 54.6 Å². The highest BCUT2D eigenvalue weighted by Crippen LogP contribution is 2.28. The quantitative estimate of drug-likeness (QED) is 0.486. The van der Waals surface area contributed by atoms with Gasteiger partial charge in [-0.15, -0.1) is 0 Å². The maximum absolute atomic E-state index is 11.9. The molecule has 0 unspecified atom stereocenters. The van der Waals surface area contributed by atoms with E-state index < -0.39 is 0 Å². The molecule has 0 saturated carbocycles. The van der Waals surface area contributed by atoms with Crippen LogP contribution in [0.25, 0.3) is 0 Å². The SMILES string of the molecule is O=C(N/N=C/c1ccc(Sc2ccccc2)o1)c1ccc(Br)cc1. The zero-order valence-electron chi connectivity index (χ0n) is 12.5. The van der Waals surface area contributed by atoms with Crippen LogP contribution >= 0.6 is 27.7 Å². The molecule has 2 aromatic carbocycles. The van der Waals surface area contributed by atoms with Crippen LogP contribution in [0.5, 0.6) is 0 Å². The smallest absolute Gasteiger partial charge is 0.271 e. The maximum Gasteiger partial charge on any atom is 0.271 e. The van der Waals surface area contributed by atoms with Crippen LogP contribution in [0.1, 0.15) is 16.1 Å². The number of carbonyl (C=O) groups is 1. The van der Waals surface area contributed by atoms with E-state index in [0.29, 0.717) is 11.3 Å². The molecule has 0 saturated heterocycles. The van der Waals surface area contributed by atoms with Gasteiger partial charge in [-0.2, -0.15) is 5.10 Å². The van der Waals surface area contributed by atoms with Gasteiger partial charge in [0.05, 0.1) is 6.21 Å². The summed E-state index contributed by atoms with van der Waals surface area (Å²) in [6, 6.07) is 20.7. The Morgan fingerprint density at radius 3 is 2.54 bits per heavy atom. The predicted octanol–water partition coefficient (Wildman–Crippen LogP) is 4.96. The first kappa shape index (κ1) is 16.5. The van der Waals surface area contributed by atoms with Crippen LogP contribution in [0.3, 0.4) is 0 Å². The Hall–Kier alpha value is -2.31. The number of nitrogens with one attached hydrogen (secondary N) is 1. The van der Waals surface area contributed by atoms with Gasteiger partial charge in [-0.1, -0.05) is 45.9 Å². The average molecular weight is 401 g/mol. The number of furan rings is 1. The normalized spacial score (nSPS) is 10.9. The van der Waals surface area contributed by atoms with Crippen molar-refractivity contribution in [1.29, 1.82) is 0 Å². The van der Waals surface area contributed by atoms with Gasteiger partial charge in [0.15, 0.2) is 5.09 Å². The van der Waals surface area contributed by atoms with Crippen LogP contribution in [0.2, 0.25) is 0 Å². The van der Waals surface area contributed by atoms with E-state index in [2.05, 4.69) is 26.5 Å². The number of halogens is 1. The fourth-order valence-electron chi connectivity index (χ4n) is 1.88. The second-order valence-corrected chi connectivity index (χ2v) is 6.77. The monoisotopic (exact) mass is 400 g/mol. The standard InChI is InChI=1S/C18H13BrN2O2S/c19-14-8-6-13(7-9-14)18(22)21-20-12-15-10-11-17(23-15)24-16-4-2-1-3-5-16/h1-12H,(H,21,22)/b20-12+. The van der Waals surface area contributed by atoms with E-state index in [-0.39, 0.29) is 5.91 Å². The van der Waals surface area contributed by atoms with Gasteiger partial charge in [0, 0.05) is 14.9 Å². The fraction of sp³-hybridized carbons (Fsp3) is 0. The summed E-state index contributed by atoms with van der Waals surface area (Å²) >= 11 is 4.85. The van der Waals surface area contributed by atoms with E-state index in [9.17, 15) is 4.79 Å². The molecule has 0 spiro atoms. The Kier molecular flexibility index (Phi) is 5.51. The molecule has 3 aromatic rings. The van der Waals surface area contributed by atoms with Crippen molar-refractivity contribution in [3.05, 3.63) is 82.5 Å². The summed E-state index contributed by atoms with van der Waals surface area (Å²) in [6.45, 7) is 0. The average Bonchev–Trinajstić information content (AvgIpc) is 3.03. The zero-order valence-corrected chi connectivity index (χ0v) is 14.9. The molecule has 0 bridgehead atoms. The predicted molar refractivity (Wildman–Crippen MR) is 98.5 cm³/mol. The van der Waals surface area contributed by atoms with E-state index in [0.717, 1.165) is 14.5 Å². The van der Waals surface area contributed by atoms with Gasteiger partial charge in [-0.3, -0.25) is 4.79 Å². The summed E-state index contributed by atoms with van der Waals surface area (Å²) in [6.07, 6.45) is 1.48. The molecule has 1 amide bonds. The van der Waals surface area contributed by atoms with Crippen LogP contribution in [0, 0.1) is 0 Å². The molecular weight excluding hydrogens is 388 g/mol. The van der Waals surface area contributed by atoms with Gasteiger partial charge in [-0.05, 0) is 48.5 Å². The highest BCUT2D eigenvalue weighted by atomic mass is 79.9. The Morgan fingerprint density at radius 2 is 1.79 bits per heavy atom. The van der Waals surface area contributed by atoms with Gasteiger partial charge >= 0.3 is 0 Å². The third-order valence-electron chi connectivity index (χ3n) is 3.03. The van der Waals surface area contributed by atoms with E-state index >= 15 is 0 Å². The first-order chi connectivity index (χ1) is 11.7. The largest absolute Gasteiger partial charge is 0.448 e. The van der Waals surface area contributed by atoms with Gasteiger partial charge in [0.25, 0.3) is 5.91 Å². The lowest BCUT2D eigenvalue weighted by Gasteiger charge is -1.99. The fourth-order valence-corrected chi connectivity index (χ4v) is 2.95. The first-order valence-corrected chi connectivity index (χ1v) is 8.73. The van der Waals surface area contributed by atoms with Crippen LogP contribution in [0.15, 0.2) is 90.7 Å². The number of hydrogen-bond acceptors (Lipinski definition) is 4. The molecule has 3 rings (SSSR count). The molecule has 0 aliphatic heterocycles. The van der Waals surface area contributed by atoms with E-state index in [1.165, 1.54) is 18.0 Å². The summed E-state index contributed by atoms with van der Waals surface area (Å²) in [5.41, 5.74) is 3.01. The lowest BCUT2D eigenvalue weighted by Crippen LogP contribution is -2.17. The second kappa shape index (κ2) is 7.99. The van der Waals surface area contributed by atoms with Gasteiger partial charge in [0.1, 0.15) is 5.76 Å². The Morgan fingerprint density at radius 1 is 1.04 bits per heavy atom. The van der Waals surface area contributed by atoms with Crippen molar-refractivity contribution in [3.8, 4) is 0 Å². The molecule has 0 atom stereocenters. The third-order valence-corrected chi connectivity index (χ3v) is 4.49. The molecule has 4 nitrogen and oxygen atoms in total. The minimum atomic E-state index is -0.274. The number of hydrogen-bond donors (Lipinski definition) is 1. The summed E-state index contributed by atoms with van der Waals surface area (Å²) in [7, 11) is 0. The molecule has 120 valence electrons. The van der Waals surface area contributed by atoms with Crippen LogP contribution < -0.4 is 5.43 Å². The Balaban J connectivity index is 1.57. The lowest BCUT2D eigenvalue weighted by atomic mass is 10.2. The molecule has 1 aromatic heterocycles. The summed E-state index contributed by atoms with van der Waals surface area (Å²) in [5, 5.41) is 4.69.